The number of fused-ring (bicyclic) bond motifs is 1. The van der Waals surface area contributed by atoms with Gasteiger partial charge in [0.05, 0.1) is 12.0 Å². The monoisotopic (exact) mass is 325 g/mol. The van der Waals surface area contributed by atoms with Crippen LogP contribution < -0.4 is 0 Å². The second-order valence-electron chi connectivity index (χ2n) is 4.93. The Morgan fingerprint density at radius 2 is 1.95 bits per heavy atom. The summed E-state index contributed by atoms with van der Waals surface area (Å²) in [5, 5.41) is 9.15. The lowest BCUT2D eigenvalue weighted by atomic mass is 9.94. The molecule has 0 fully saturated rings. The average Bonchev–Trinajstić information content (AvgIpc) is 2.90. The fourth-order valence-electron chi connectivity index (χ4n) is 2.76. The molecule has 0 radical (unpaired) electrons. The molecule has 0 amide bonds. The largest absolute Gasteiger partial charge is 0.289 e. The molecule has 2 aromatic rings. The van der Waals surface area contributed by atoms with Crippen molar-refractivity contribution in [2.75, 3.05) is 0 Å². The average molecular weight is 326 g/mol. The molecule has 2 aromatic carbocycles. The van der Waals surface area contributed by atoms with Gasteiger partial charge in [-0.25, -0.2) is 0 Å². The molecular formula is C17H12BrNO. The van der Waals surface area contributed by atoms with Crippen LogP contribution in [0.5, 0.6) is 0 Å². The molecule has 2 nitrogen and oxygen atoms in total. The molecule has 0 saturated heterocycles. The highest BCUT2D eigenvalue weighted by molar-refractivity contribution is 9.10. The Hall–Kier alpha value is -1.92. The Balaban J connectivity index is 2.04. The summed E-state index contributed by atoms with van der Waals surface area (Å²) in [6, 6.07) is 15.4. The summed E-state index contributed by atoms with van der Waals surface area (Å²) >= 11 is 3.37. The topological polar surface area (TPSA) is 40.9 Å². The molecule has 1 unspecified atom stereocenters. The maximum absolute atomic E-state index is 12.6. The summed E-state index contributed by atoms with van der Waals surface area (Å²) in [5.41, 5.74) is 3.49. The molecule has 3 rings (SSSR count). The molecule has 0 spiro atoms. The van der Waals surface area contributed by atoms with Gasteiger partial charge in [0, 0.05) is 15.6 Å². The summed E-state index contributed by atoms with van der Waals surface area (Å²) < 4.78 is 0.955. The van der Waals surface area contributed by atoms with Gasteiger partial charge in [-0.3, -0.25) is 4.79 Å². The maximum atomic E-state index is 12.6. The number of rotatable bonds is 2. The summed E-state index contributed by atoms with van der Waals surface area (Å²) in [7, 11) is 0. The minimum Gasteiger partial charge on any atom is -0.289 e. The number of hydrogen-bond donors (Lipinski definition) is 0. The normalized spacial score (nSPS) is 16.5. The van der Waals surface area contributed by atoms with Crippen molar-refractivity contribution < 1.29 is 4.79 Å². The first-order valence-corrected chi connectivity index (χ1v) is 7.31. The minimum atomic E-state index is -0.0670. The highest BCUT2D eigenvalue weighted by Crippen LogP contribution is 2.35. The Bertz CT molecular complexity index is 713. The van der Waals surface area contributed by atoms with Gasteiger partial charge in [0.1, 0.15) is 0 Å². The van der Waals surface area contributed by atoms with Crippen LogP contribution in [-0.4, -0.2) is 5.78 Å². The van der Waals surface area contributed by atoms with Crippen molar-refractivity contribution >= 4 is 21.7 Å². The number of carbonyl (C=O) groups is 1. The smallest absolute Gasteiger partial charge is 0.193 e. The van der Waals surface area contributed by atoms with Crippen molar-refractivity contribution in [1.29, 1.82) is 5.26 Å². The standard InChI is InChI=1S/C17H12BrNO/c18-13-7-4-11(5-8-13)17(20)16-3-1-2-14-12(10-19)6-9-15(14)16/h1-5,7-8,12H,6,9H2. The molecule has 20 heavy (non-hydrogen) atoms. The number of ketones is 1. The third kappa shape index (κ3) is 2.17. The van der Waals surface area contributed by atoms with Crippen LogP contribution in [-0.2, 0) is 6.42 Å². The Kier molecular flexibility index (Phi) is 3.42. The van der Waals surface area contributed by atoms with E-state index in [2.05, 4.69) is 22.0 Å². The van der Waals surface area contributed by atoms with E-state index in [0.717, 1.165) is 34.0 Å². The van der Waals surface area contributed by atoms with E-state index in [1.807, 2.05) is 42.5 Å². The van der Waals surface area contributed by atoms with Crippen LogP contribution in [0, 0.1) is 11.3 Å². The van der Waals surface area contributed by atoms with Gasteiger partial charge in [0.2, 0.25) is 0 Å². The molecule has 98 valence electrons. The van der Waals surface area contributed by atoms with Gasteiger partial charge in [-0.1, -0.05) is 34.1 Å². The second kappa shape index (κ2) is 5.22. The lowest BCUT2D eigenvalue weighted by molar-refractivity contribution is 0.103. The number of hydrogen-bond acceptors (Lipinski definition) is 2. The molecule has 0 N–H and O–H groups in total. The zero-order chi connectivity index (χ0) is 14.1. The van der Waals surface area contributed by atoms with Crippen LogP contribution in [0.3, 0.4) is 0 Å². The van der Waals surface area contributed by atoms with Gasteiger partial charge in [-0.05, 0) is 48.2 Å². The van der Waals surface area contributed by atoms with Crippen molar-refractivity contribution in [3.05, 3.63) is 69.2 Å². The molecule has 1 aliphatic rings. The van der Waals surface area contributed by atoms with Gasteiger partial charge in [-0.15, -0.1) is 0 Å². The van der Waals surface area contributed by atoms with Gasteiger partial charge in [-0.2, -0.15) is 5.26 Å². The second-order valence-corrected chi connectivity index (χ2v) is 5.85. The highest BCUT2D eigenvalue weighted by atomic mass is 79.9. The van der Waals surface area contributed by atoms with E-state index in [1.54, 1.807) is 0 Å². The molecule has 0 saturated carbocycles. The fourth-order valence-corrected chi connectivity index (χ4v) is 3.02. The molecule has 0 heterocycles. The van der Waals surface area contributed by atoms with E-state index >= 15 is 0 Å². The molecule has 1 atom stereocenters. The number of halogens is 1. The van der Waals surface area contributed by atoms with Crippen molar-refractivity contribution in [3.8, 4) is 6.07 Å². The zero-order valence-corrected chi connectivity index (χ0v) is 12.4. The van der Waals surface area contributed by atoms with Gasteiger partial charge in [0.25, 0.3) is 0 Å². The third-order valence-corrected chi connectivity index (χ3v) is 4.31. The molecular weight excluding hydrogens is 314 g/mol. The van der Waals surface area contributed by atoms with E-state index in [1.165, 1.54) is 0 Å². The number of nitrogens with zero attached hydrogens (tertiary/aromatic N) is 1. The lowest BCUT2D eigenvalue weighted by Gasteiger charge is -2.08. The maximum Gasteiger partial charge on any atom is 0.193 e. The predicted molar refractivity (Wildman–Crippen MR) is 80.7 cm³/mol. The highest BCUT2D eigenvalue weighted by Gasteiger charge is 2.26. The van der Waals surface area contributed by atoms with Crippen LogP contribution >= 0.6 is 15.9 Å². The van der Waals surface area contributed by atoms with Crippen LogP contribution in [0.2, 0.25) is 0 Å². The predicted octanol–water partition coefficient (Wildman–Crippen LogP) is 4.23. The summed E-state index contributed by atoms with van der Waals surface area (Å²) in [6.45, 7) is 0. The number of benzene rings is 2. The Morgan fingerprint density at radius 3 is 2.65 bits per heavy atom. The minimum absolute atomic E-state index is 0.0351. The van der Waals surface area contributed by atoms with Gasteiger partial charge < -0.3 is 0 Å². The van der Waals surface area contributed by atoms with E-state index in [0.29, 0.717) is 5.56 Å². The first kappa shape index (κ1) is 13.1. The van der Waals surface area contributed by atoms with Crippen molar-refractivity contribution in [2.45, 2.75) is 18.8 Å². The zero-order valence-electron chi connectivity index (χ0n) is 10.8. The lowest BCUT2D eigenvalue weighted by Crippen LogP contribution is -2.05. The van der Waals surface area contributed by atoms with Crippen LogP contribution in [0.25, 0.3) is 0 Å². The van der Waals surface area contributed by atoms with Gasteiger partial charge in [0.15, 0.2) is 5.78 Å². The first-order chi connectivity index (χ1) is 9.70. The van der Waals surface area contributed by atoms with E-state index in [-0.39, 0.29) is 11.7 Å². The van der Waals surface area contributed by atoms with Gasteiger partial charge >= 0.3 is 0 Å². The number of nitriles is 1. The third-order valence-electron chi connectivity index (χ3n) is 3.78. The van der Waals surface area contributed by atoms with Crippen molar-refractivity contribution in [2.24, 2.45) is 0 Å². The van der Waals surface area contributed by atoms with E-state index in [9.17, 15) is 4.79 Å². The molecule has 1 aliphatic carbocycles. The molecule has 0 aromatic heterocycles. The van der Waals surface area contributed by atoms with Crippen LogP contribution in [0.4, 0.5) is 0 Å². The van der Waals surface area contributed by atoms with E-state index < -0.39 is 0 Å². The molecule has 3 heteroatoms. The Morgan fingerprint density at radius 1 is 1.20 bits per heavy atom. The Labute approximate surface area is 126 Å². The SMILES string of the molecule is N#CC1CCc2c(C(=O)c3ccc(Br)cc3)cccc21. The summed E-state index contributed by atoms with van der Waals surface area (Å²) in [4.78, 5) is 12.6. The van der Waals surface area contributed by atoms with Crippen LogP contribution in [0.1, 0.15) is 39.4 Å². The van der Waals surface area contributed by atoms with E-state index in [4.69, 9.17) is 5.26 Å². The first-order valence-electron chi connectivity index (χ1n) is 6.52. The molecule has 0 bridgehead atoms. The molecule has 0 aliphatic heterocycles. The summed E-state index contributed by atoms with van der Waals surface area (Å²) in [6.07, 6.45) is 1.63. The van der Waals surface area contributed by atoms with Crippen molar-refractivity contribution in [1.82, 2.24) is 0 Å². The fraction of sp³-hybridized carbons (Fsp3) is 0.176. The quantitative estimate of drug-likeness (QED) is 0.775. The number of carbonyl (C=O) groups excluding carboxylic acids is 1. The van der Waals surface area contributed by atoms with Crippen LogP contribution in [0.15, 0.2) is 46.9 Å². The summed E-state index contributed by atoms with van der Waals surface area (Å²) in [5.74, 6) is -0.0318. The van der Waals surface area contributed by atoms with Crippen molar-refractivity contribution in [3.63, 3.8) is 0 Å².